The Kier molecular flexibility index (Phi) is 10.1. The number of aliphatic carboxylic acids is 1. The highest BCUT2D eigenvalue weighted by atomic mass is 35.5. The van der Waals surface area contributed by atoms with Crippen LogP contribution in [0, 0.1) is 5.92 Å². The molecule has 17 heavy (non-hydrogen) atoms. The Hall–Kier alpha value is -0.810. The molecule has 0 unspecified atom stereocenters. The molecule has 1 amide bonds. The molecule has 3 N–H and O–H groups in total. The summed E-state index contributed by atoms with van der Waals surface area (Å²) in [6, 6.07) is -1.17. The molecule has 0 aliphatic rings. The zero-order valence-electron chi connectivity index (χ0n) is 10.8. The number of carbonyl (C=O) groups is 2. The van der Waals surface area contributed by atoms with E-state index in [1.807, 2.05) is 20.8 Å². The van der Waals surface area contributed by atoms with Crippen molar-refractivity contribution in [3.63, 3.8) is 0 Å². The van der Waals surface area contributed by atoms with Crippen LogP contribution in [0.4, 0.5) is 0 Å². The molecule has 0 aliphatic heterocycles. The first-order chi connectivity index (χ1) is 7.43. The van der Waals surface area contributed by atoms with Crippen LogP contribution in [0.3, 0.4) is 0 Å². The maximum absolute atomic E-state index is 11.8. The molecule has 0 aromatic heterocycles. The summed E-state index contributed by atoms with van der Waals surface area (Å²) in [6.07, 6.45) is 0.868. The minimum atomic E-state index is -1.02. The number of nitrogens with one attached hydrogen (secondary N) is 2. The summed E-state index contributed by atoms with van der Waals surface area (Å²) in [7, 11) is 0. The van der Waals surface area contributed by atoms with Crippen LogP contribution < -0.4 is 10.6 Å². The van der Waals surface area contributed by atoms with Crippen LogP contribution in [-0.2, 0) is 9.59 Å². The molecule has 0 saturated carbocycles. The Bertz CT molecular complexity index is 249. The summed E-state index contributed by atoms with van der Waals surface area (Å²) in [6.45, 7) is 8.04. The van der Waals surface area contributed by atoms with E-state index in [9.17, 15) is 9.59 Å². The van der Waals surface area contributed by atoms with Crippen LogP contribution in [0.2, 0.25) is 0 Å². The van der Waals surface area contributed by atoms with Crippen molar-refractivity contribution in [3.05, 3.63) is 0 Å². The zero-order valence-corrected chi connectivity index (χ0v) is 11.6. The highest BCUT2D eigenvalue weighted by molar-refractivity contribution is 5.86. The van der Waals surface area contributed by atoms with Gasteiger partial charge >= 0.3 is 5.97 Å². The van der Waals surface area contributed by atoms with E-state index in [0.29, 0.717) is 6.54 Å². The van der Waals surface area contributed by atoms with Gasteiger partial charge in [0.15, 0.2) is 0 Å². The lowest BCUT2D eigenvalue weighted by Gasteiger charge is -2.24. The molecule has 0 radical (unpaired) electrons. The van der Waals surface area contributed by atoms with Crippen LogP contribution in [0.25, 0.3) is 0 Å². The Balaban J connectivity index is 0. The predicted molar refractivity (Wildman–Crippen MR) is 69.4 cm³/mol. The monoisotopic (exact) mass is 266 g/mol. The molecule has 5 nitrogen and oxygen atoms in total. The minimum absolute atomic E-state index is 0. The highest BCUT2D eigenvalue weighted by Crippen LogP contribution is 2.08. The summed E-state index contributed by atoms with van der Waals surface area (Å²) in [5, 5.41) is 14.3. The second kappa shape index (κ2) is 9.24. The number of hydrogen-bond donors (Lipinski definition) is 3. The molecular weight excluding hydrogens is 244 g/mol. The van der Waals surface area contributed by atoms with Crippen LogP contribution in [0.5, 0.6) is 0 Å². The largest absolute Gasteiger partial charge is 0.480 e. The highest BCUT2D eigenvalue weighted by Gasteiger charge is 2.25. The lowest BCUT2D eigenvalue weighted by atomic mass is 9.98. The summed E-state index contributed by atoms with van der Waals surface area (Å²) in [5.74, 6) is -1.08. The molecular formula is C11H23ClN2O3. The number of carbonyl (C=O) groups excluding carboxylic acids is 1. The van der Waals surface area contributed by atoms with E-state index in [1.54, 1.807) is 0 Å². The van der Waals surface area contributed by atoms with E-state index < -0.39 is 12.0 Å². The standard InChI is InChI=1S/C11H22N2O3.ClH/c1-5-7(3)9(12-6-2)10(14)13-8(4)11(15)16;/h7-9,12H,5-6H2,1-4H3,(H,13,14)(H,15,16);1H/t7-,8-,9-;/m0./s1. The maximum Gasteiger partial charge on any atom is 0.325 e. The first-order valence-corrected chi connectivity index (χ1v) is 5.70. The lowest BCUT2D eigenvalue weighted by molar-refractivity contribution is -0.141. The van der Waals surface area contributed by atoms with Crippen molar-refractivity contribution < 1.29 is 14.7 Å². The summed E-state index contributed by atoms with van der Waals surface area (Å²) >= 11 is 0. The lowest BCUT2D eigenvalue weighted by Crippen LogP contribution is -2.51. The molecule has 0 saturated heterocycles. The first-order valence-electron chi connectivity index (χ1n) is 5.70. The number of carboxylic acid groups (broad SMARTS) is 1. The van der Waals surface area contributed by atoms with Crippen LogP contribution in [-0.4, -0.2) is 35.6 Å². The molecule has 3 atom stereocenters. The first kappa shape index (κ1) is 18.6. The van der Waals surface area contributed by atoms with Gasteiger partial charge in [-0.05, 0) is 19.4 Å². The fourth-order valence-electron chi connectivity index (χ4n) is 1.37. The summed E-state index contributed by atoms with van der Waals surface area (Å²) in [4.78, 5) is 22.4. The number of amides is 1. The fourth-order valence-corrected chi connectivity index (χ4v) is 1.37. The third kappa shape index (κ3) is 6.48. The van der Waals surface area contributed by atoms with Crippen molar-refractivity contribution in [2.24, 2.45) is 5.92 Å². The minimum Gasteiger partial charge on any atom is -0.480 e. The van der Waals surface area contributed by atoms with E-state index >= 15 is 0 Å². The topological polar surface area (TPSA) is 78.4 Å². The van der Waals surface area contributed by atoms with Crippen LogP contribution >= 0.6 is 12.4 Å². The maximum atomic E-state index is 11.8. The van der Waals surface area contributed by atoms with Gasteiger partial charge in [0.1, 0.15) is 6.04 Å². The van der Waals surface area contributed by atoms with Gasteiger partial charge in [-0.2, -0.15) is 0 Å². The average Bonchev–Trinajstić information content (AvgIpc) is 2.24. The molecule has 0 rings (SSSR count). The quantitative estimate of drug-likeness (QED) is 0.643. The van der Waals surface area contributed by atoms with E-state index in [2.05, 4.69) is 10.6 Å². The molecule has 0 aromatic carbocycles. The van der Waals surface area contributed by atoms with Gasteiger partial charge in [-0.3, -0.25) is 9.59 Å². The van der Waals surface area contributed by atoms with Gasteiger partial charge in [-0.25, -0.2) is 0 Å². The van der Waals surface area contributed by atoms with Gasteiger partial charge in [-0.1, -0.05) is 27.2 Å². The van der Waals surface area contributed by atoms with Crippen molar-refractivity contribution in [3.8, 4) is 0 Å². The second-order valence-corrected chi connectivity index (χ2v) is 3.99. The van der Waals surface area contributed by atoms with E-state index in [4.69, 9.17) is 5.11 Å². The van der Waals surface area contributed by atoms with Gasteiger partial charge < -0.3 is 15.7 Å². The molecule has 0 aliphatic carbocycles. The Morgan fingerprint density at radius 2 is 1.76 bits per heavy atom. The Morgan fingerprint density at radius 1 is 1.24 bits per heavy atom. The molecule has 0 bridgehead atoms. The number of likely N-dealkylation sites (N-methyl/N-ethyl adjacent to an activating group) is 1. The van der Waals surface area contributed by atoms with E-state index in [-0.39, 0.29) is 30.3 Å². The normalized spacial score (nSPS) is 15.3. The number of rotatable bonds is 7. The third-order valence-electron chi connectivity index (χ3n) is 2.65. The van der Waals surface area contributed by atoms with Gasteiger partial charge in [-0.15, -0.1) is 12.4 Å². The van der Waals surface area contributed by atoms with Gasteiger partial charge in [0.2, 0.25) is 5.91 Å². The summed E-state index contributed by atoms with van der Waals surface area (Å²) < 4.78 is 0. The van der Waals surface area contributed by atoms with Crippen LogP contribution in [0.1, 0.15) is 34.1 Å². The van der Waals surface area contributed by atoms with E-state index in [0.717, 1.165) is 6.42 Å². The van der Waals surface area contributed by atoms with Crippen molar-refractivity contribution >= 4 is 24.3 Å². The number of carboxylic acids is 1. The van der Waals surface area contributed by atoms with Crippen molar-refractivity contribution in [2.45, 2.75) is 46.2 Å². The molecule has 0 fully saturated rings. The smallest absolute Gasteiger partial charge is 0.325 e. The fraction of sp³-hybridized carbons (Fsp3) is 0.818. The van der Waals surface area contributed by atoms with Crippen molar-refractivity contribution in [2.75, 3.05) is 6.54 Å². The molecule has 6 heteroatoms. The number of hydrogen-bond acceptors (Lipinski definition) is 3. The molecule has 0 heterocycles. The van der Waals surface area contributed by atoms with Gasteiger partial charge in [0.25, 0.3) is 0 Å². The average molecular weight is 267 g/mol. The van der Waals surface area contributed by atoms with Crippen LogP contribution in [0.15, 0.2) is 0 Å². The van der Waals surface area contributed by atoms with Gasteiger partial charge in [0, 0.05) is 0 Å². The van der Waals surface area contributed by atoms with Crippen molar-refractivity contribution in [1.29, 1.82) is 0 Å². The second-order valence-electron chi connectivity index (χ2n) is 3.99. The SMILES string of the molecule is CCN[C@H](C(=O)N[C@@H](C)C(=O)O)[C@@H](C)CC.Cl. The van der Waals surface area contributed by atoms with E-state index in [1.165, 1.54) is 6.92 Å². The summed E-state index contributed by atoms with van der Waals surface area (Å²) in [5.41, 5.74) is 0. The Morgan fingerprint density at radius 3 is 2.12 bits per heavy atom. The Labute approximate surface area is 109 Å². The molecule has 0 aromatic rings. The third-order valence-corrected chi connectivity index (χ3v) is 2.65. The number of halogens is 1. The predicted octanol–water partition coefficient (Wildman–Crippen LogP) is 1.02. The van der Waals surface area contributed by atoms with Gasteiger partial charge in [0.05, 0.1) is 6.04 Å². The molecule has 0 spiro atoms. The van der Waals surface area contributed by atoms with Crippen molar-refractivity contribution in [1.82, 2.24) is 10.6 Å². The zero-order chi connectivity index (χ0) is 12.7. The molecule has 102 valence electrons.